The number of rotatable bonds is 4. The Morgan fingerprint density at radius 2 is 2.03 bits per heavy atom. The number of fused-ring (bicyclic) bond motifs is 3. The van der Waals surface area contributed by atoms with E-state index in [4.69, 9.17) is 21.1 Å². The number of carbonyl (C=O) groups is 1. The summed E-state index contributed by atoms with van der Waals surface area (Å²) >= 11 is 5.93. The average molecular weight is 418 g/mol. The summed E-state index contributed by atoms with van der Waals surface area (Å²) in [6, 6.07) is 5.73. The SMILES string of the molecule is C[C@@H](Cn1cc(Cl)cn1)C(=O)N1[C@H]2CC[C@H]1CC(O)(c1ccc3c(c1)OCO3)C2. The molecule has 5 rings (SSSR count). The molecule has 154 valence electrons. The summed E-state index contributed by atoms with van der Waals surface area (Å²) < 4.78 is 12.6. The Kier molecular flexibility index (Phi) is 4.47. The second-order valence-corrected chi connectivity index (χ2v) is 8.86. The molecular weight excluding hydrogens is 394 g/mol. The predicted molar refractivity (Wildman–Crippen MR) is 106 cm³/mol. The molecule has 0 unspecified atom stereocenters. The Balaban J connectivity index is 1.32. The van der Waals surface area contributed by atoms with Crippen LogP contribution in [-0.2, 0) is 16.9 Å². The molecule has 8 heteroatoms. The van der Waals surface area contributed by atoms with Gasteiger partial charge in [0.2, 0.25) is 12.7 Å². The van der Waals surface area contributed by atoms with E-state index in [0.717, 1.165) is 18.4 Å². The number of ether oxygens (including phenoxy) is 2. The number of aromatic nitrogens is 2. The van der Waals surface area contributed by atoms with Gasteiger partial charge >= 0.3 is 0 Å². The number of hydrogen-bond donors (Lipinski definition) is 1. The van der Waals surface area contributed by atoms with Crippen molar-refractivity contribution in [2.75, 3.05) is 6.79 Å². The van der Waals surface area contributed by atoms with Gasteiger partial charge in [-0.3, -0.25) is 9.48 Å². The van der Waals surface area contributed by atoms with Crippen molar-refractivity contribution in [2.24, 2.45) is 5.92 Å². The lowest BCUT2D eigenvalue weighted by molar-refractivity contribution is -0.146. The van der Waals surface area contributed by atoms with Crippen molar-refractivity contribution in [3.8, 4) is 11.5 Å². The molecule has 2 saturated heterocycles. The topological polar surface area (TPSA) is 76.8 Å². The van der Waals surface area contributed by atoms with Gasteiger partial charge in [0, 0.05) is 31.1 Å². The van der Waals surface area contributed by atoms with E-state index in [1.807, 2.05) is 30.0 Å². The molecule has 0 aliphatic carbocycles. The summed E-state index contributed by atoms with van der Waals surface area (Å²) in [5.74, 6) is 1.30. The zero-order valence-corrected chi connectivity index (χ0v) is 17.0. The van der Waals surface area contributed by atoms with E-state index in [1.54, 1.807) is 17.1 Å². The van der Waals surface area contributed by atoms with Crippen LogP contribution in [0.1, 0.15) is 38.2 Å². The number of benzene rings is 1. The molecule has 1 amide bonds. The second kappa shape index (κ2) is 6.92. The Morgan fingerprint density at radius 3 is 2.72 bits per heavy atom. The van der Waals surface area contributed by atoms with Crippen LogP contribution in [0.15, 0.2) is 30.6 Å². The summed E-state index contributed by atoms with van der Waals surface area (Å²) in [7, 11) is 0. The summed E-state index contributed by atoms with van der Waals surface area (Å²) in [6.45, 7) is 2.63. The van der Waals surface area contributed by atoms with Crippen LogP contribution in [0.25, 0.3) is 0 Å². The van der Waals surface area contributed by atoms with Gasteiger partial charge in [-0.15, -0.1) is 0 Å². The third-order valence-corrected chi connectivity index (χ3v) is 6.61. The Hall–Kier alpha value is -2.25. The number of carbonyl (C=O) groups excluding carboxylic acids is 1. The van der Waals surface area contributed by atoms with Crippen LogP contribution < -0.4 is 9.47 Å². The lowest BCUT2D eigenvalue weighted by Gasteiger charge is -2.45. The molecule has 0 radical (unpaired) electrons. The highest BCUT2D eigenvalue weighted by Gasteiger charge is 2.50. The lowest BCUT2D eigenvalue weighted by atomic mass is 9.80. The van der Waals surface area contributed by atoms with Crippen molar-refractivity contribution in [1.82, 2.24) is 14.7 Å². The Labute approximate surface area is 174 Å². The molecule has 4 heterocycles. The smallest absolute Gasteiger partial charge is 0.231 e. The summed E-state index contributed by atoms with van der Waals surface area (Å²) in [5, 5.41) is 16.2. The first-order chi connectivity index (χ1) is 13.9. The third-order valence-electron chi connectivity index (χ3n) is 6.42. The van der Waals surface area contributed by atoms with Crippen molar-refractivity contribution >= 4 is 17.5 Å². The Bertz CT molecular complexity index is 932. The fraction of sp³-hybridized carbons (Fsp3) is 0.524. The van der Waals surface area contributed by atoms with Gasteiger partial charge in [0.1, 0.15) is 0 Å². The van der Waals surface area contributed by atoms with Crippen molar-refractivity contribution in [2.45, 2.75) is 56.8 Å². The van der Waals surface area contributed by atoms with Gasteiger partial charge in [-0.05, 0) is 30.5 Å². The van der Waals surface area contributed by atoms with E-state index in [0.29, 0.717) is 35.9 Å². The largest absolute Gasteiger partial charge is 0.454 e. The van der Waals surface area contributed by atoms with Gasteiger partial charge in [0.25, 0.3) is 0 Å². The van der Waals surface area contributed by atoms with E-state index < -0.39 is 5.60 Å². The predicted octanol–water partition coefficient (Wildman–Crippen LogP) is 2.94. The fourth-order valence-corrected chi connectivity index (χ4v) is 5.21. The van der Waals surface area contributed by atoms with Gasteiger partial charge < -0.3 is 19.5 Å². The van der Waals surface area contributed by atoms with Gasteiger partial charge in [-0.25, -0.2) is 0 Å². The molecule has 0 spiro atoms. The van der Waals surface area contributed by atoms with E-state index in [-0.39, 0.29) is 30.7 Å². The number of piperidine rings is 1. The normalized spacial score (nSPS) is 28.6. The van der Waals surface area contributed by atoms with Crippen molar-refractivity contribution in [3.63, 3.8) is 0 Å². The first kappa shape index (κ1) is 18.8. The zero-order chi connectivity index (χ0) is 20.2. The maximum atomic E-state index is 13.2. The molecule has 1 N–H and O–H groups in total. The number of aliphatic hydroxyl groups is 1. The van der Waals surface area contributed by atoms with Gasteiger partial charge in [0.15, 0.2) is 11.5 Å². The summed E-state index contributed by atoms with van der Waals surface area (Å²) in [5.41, 5.74) is -0.118. The number of nitrogens with zero attached hydrogens (tertiary/aromatic N) is 3. The van der Waals surface area contributed by atoms with Crippen LogP contribution in [0.2, 0.25) is 5.02 Å². The zero-order valence-electron chi connectivity index (χ0n) is 16.3. The average Bonchev–Trinajstić information content (AvgIpc) is 3.39. The maximum absolute atomic E-state index is 13.2. The van der Waals surface area contributed by atoms with E-state index in [2.05, 4.69) is 5.10 Å². The van der Waals surface area contributed by atoms with Gasteiger partial charge in [-0.2, -0.15) is 5.10 Å². The molecule has 1 aromatic carbocycles. The van der Waals surface area contributed by atoms with Crippen LogP contribution in [0.3, 0.4) is 0 Å². The number of amides is 1. The van der Waals surface area contributed by atoms with Crippen LogP contribution in [0.5, 0.6) is 11.5 Å². The number of halogens is 1. The van der Waals surface area contributed by atoms with Crippen LogP contribution in [0, 0.1) is 5.92 Å². The molecule has 29 heavy (non-hydrogen) atoms. The van der Waals surface area contributed by atoms with Gasteiger partial charge in [-0.1, -0.05) is 24.6 Å². The first-order valence-corrected chi connectivity index (χ1v) is 10.4. The molecule has 3 atom stereocenters. The van der Waals surface area contributed by atoms with Crippen LogP contribution in [-0.4, -0.2) is 44.6 Å². The molecule has 2 aromatic rings. The molecule has 3 aliphatic heterocycles. The van der Waals surface area contributed by atoms with Crippen LogP contribution >= 0.6 is 11.6 Å². The molecule has 3 aliphatic rings. The standard InChI is InChI=1S/C21H24ClN3O4/c1-13(10-24-11-15(22)9-23-24)20(26)25-16-3-4-17(25)8-21(27,7-16)14-2-5-18-19(6-14)29-12-28-18/h2,5-6,9,11,13,16-17,27H,3-4,7-8,10,12H2,1H3/t13-,16-,17-/m0/s1. The van der Waals surface area contributed by atoms with Crippen molar-refractivity contribution in [3.05, 3.63) is 41.2 Å². The van der Waals surface area contributed by atoms with Gasteiger partial charge in [0.05, 0.1) is 29.3 Å². The Morgan fingerprint density at radius 1 is 1.31 bits per heavy atom. The minimum atomic E-state index is -0.956. The second-order valence-electron chi connectivity index (χ2n) is 8.42. The summed E-state index contributed by atoms with van der Waals surface area (Å²) in [6.07, 6.45) is 6.22. The molecule has 1 aromatic heterocycles. The molecule has 2 bridgehead atoms. The third kappa shape index (κ3) is 3.26. The van der Waals surface area contributed by atoms with Crippen molar-refractivity contribution in [1.29, 1.82) is 0 Å². The highest BCUT2D eigenvalue weighted by atomic mass is 35.5. The van der Waals surface area contributed by atoms with E-state index in [9.17, 15) is 9.90 Å². The van der Waals surface area contributed by atoms with E-state index >= 15 is 0 Å². The minimum absolute atomic E-state index is 0.0420. The highest BCUT2D eigenvalue weighted by Crippen LogP contribution is 2.48. The highest BCUT2D eigenvalue weighted by molar-refractivity contribution is 6.30. The molecule has 7 nitrogen and oxygen atoms in total. The van der Waals surface area contributed by atoms with Crippen molar-refractivity contribution < 1.29 is 19.4 Å². The quantitative estimate of drug-likeness (QED) is 0.827. The monoisotopic (exact) mass is 417 g/mol. The minimum Gasteiger partial charge on any atom is -0.454 e. The lowest BCUT2D eigenvalue weighted by Crippen LogP contribution is -2.53. The maximum Gasteiger partial charge on any atom is 0.231 e. The van der Waals surface area contributed by atoms with E-state index in [1.165, 1.54) is 0 Å². The summed E-state index contributed by atoms with van der Waals surface area (Å²) in [4.78, 5) is 15.2. The molecule has 2 fully saturated rings. The first-order valence-electron chi connectivity index (χ1n) is 10.1. The fourth-order valence-electron chi connectivity index (χ4n) is 5.06. The number of hydrogen-bond acceptors (Lipinski definition) is 5. The molecular formula is C21H24ClN3O4. The van der Waals surface area contributed by atoms with Crippen LogP contribution in [0.4, 0.5) is 0 Å². The molecule has 0 saturated carbocycles.